The van der Waals surface area contributed by atoms with Crippen molar-refractivity contribution in [2.45, 2.75) is 44.3 Å². The molecule has 1 atom stereocenters. The van der Waals surface area contributed by atoms with Crippen molar-refractivity contribution >= 4 is 17.8 Å². The lowest BCUT2D eigenvalue weighted by Crippen LogP contribution is -2.53. The summed E-state index contributed by atoms with van der Waals surface area (Å²) in [6, 6.07) is -1.89. The third-order valence-corrected chi connectivity index (χ3v) is 2.85. The highest BCUT2D eigenvalue weighted by Gasteiger charge is 2.48. The fourth-order valence-corrected chi connectivity index (χ4v) is 1.78. The van der Waals surface area contributed by atoms with Gasteiger partial charge >= 0.3 is 18.1 Å². The monoisotopic (exact) mass is 327 g/mol. The SMILES string of the molecule is NCCCCC(=O)N(C(=O)C(F)(F)F)[C@@H](CCCN)C(=O)O. The molecular formula is C12H20F3N3O4. The van der Waals surface area contributed by atoms with E-state index in [0.717, 1.165) is 0 Å². The Bertz CT molecular complexity index is 402. The Morgan fingerprint density at radius 1 is 1.05 bits per heavy atom. The maximum absolute atomic E-state index is 12.6. The van der Waals surface area contributed by atoms with Crippen molar-refractivity contribution in [2.75, 3.05) is 13.1 Å². The number of hydrogen-bond donors (Lipinski definition) is 3. The van der Waals surface area contributed by atoms with Gasteiger partial charge in [0, 0.05) is 6.42 Å². The summed E-state index contributed by atoms with van der Waals surface area (Å²) < 4.78 is 37.8. The largest absolute Gasteiger partial charge is 0.480 e. The summed E-state index contributed by atoms with van der Waals surface area (Å²) in [6.45, 7) is 0.259. The molecule has 0 heterocycles. The Labute approximate surface area is 125 Å². The van der Waals surface area contributed by atoms with Gasteiger partial charge in [-0.1, -0.05) is 0 Å². The standard InChI is InChI=1S/C12H20F3N3O4/c13-12(14,15)11(22)18(9(19)5-1-2-6-16)8(10(20)21)4-3-7-17/h8H,1-7,16-17H2,(H,20,21)/t8-/m0/s1. The number of carboxylic acids is 1. The number of carbonyl (C=O) groups excluding carboxylic acids is 2. The van der Waals surface area contributed by atoms with Gasteiger partial charge in [0.2, 0.25) is 5.91 Å². The van der Waals surface area contributed by atoms with Crippen LogP contribution in [0.15, 0.2) is 0 Å². The van der Waals surface area contributed by atoms with E-state index in [1.807, 2.05) is 0 Å². The molecule has 0 aromatic heterocycles. The second kappa shape index (κ2) is 9.36. The maximum Gasteiger partial charge on any atom is 0.471 e. The molecule has 0 fully saturated rings. The van der Waals surface area contributed by atoms with Crippen LogP contribution in [0.5, 0.6) is 0 Å². The molecule has 10 heteroatoms. The zero-order valence-corrected chi connectivity index (χ0v) is 11.9. The van der Waals surface area contributed by atoms with Gasteiger partial charge in [-0.05, 0) is 38.8 Å². The van der Waals surface area contributed by atoms with Gasteiger partial charge in [0.25, 0.3) is 0 Å². The number of halogens is 3. The Kier molecular flexibility index (Phi) is 8.65. The van der Waals surface area contributed by atoms with Crippen LogP contribution in [0.1, 0.15) is 32.1 Å². The number of amides is 2. The molecule has 128 valence electrons. The van der Waals surface area contributed by atoms with Gasteiger partial charge in [0.05, 0.1) is 0 Å². The zero-order valence-electron chi connectivity index (χ0n) is 11.9. The van der Waals surface area contributed by atoms with E-state index in [1.165, 1.54) is 0 Å². The number of carboxylic acid groups (broad SMARTS) is 1. The molecule has 2 amide bonds. The predicted octanol–water partition coefficient (Wildman–Crippen LogP) is 0.225. The van der Waals surface area contributed by atoms with Crippen LogP contribution in [-0.4, -0.2) is 53.1 Å². The summed E-state index contributed by atoms with van der Waals surface area (Å²) >= 11 is 0. The Morgan fingerprint density at radius 2 is 1.59 bits per heavy atom. The average Bonchev–Trinajstić information content (AvgIpc) is 2.41. The van der Waals surface area contributed by atoms with Crippen molar-refractivity contribution in [1.82, 2.24) is 4.90 Å². The van der Waals surface area contributed by atoms with Crippen LogP contribution in [0.2, 0.25) is 0 Å². The van der Waals surface area contributed by atoms with Gasteiger partial charge in [0.15, 0.2) is 0 Å². The summed E-state index contributed by atoms with van der Waals surface area (Å²) in [7, 11) is 0. The van der Waals surface area contributed by atoms with Gasteiger partial charge in [-0.3, -0.25) is 14.5 Å². The van der Waals surface area contributed by atoms with Crippen LogP contribution in [0.25, 0.3) is 0 Å². The quantitative estimate of drug-likeness (QED) is 0.520. The van der Waals surface area contributed by atoms with E-state index in [9.17, 15) is 27.6 Å². The summed E-state index contributed by atoms with van der Waals surface area (Å²) in [5.74, 6) is -5.34. The zero-order chi connectivity index (χ0) is 17.3. The molecule has 0 spiro atoms. The number of carbonyl (C=O) groups is 3. The maximum atomic E-state index is 12.6. The highest BCUT2D eigenvalue weighted by molar-refractivity contribution is 6.01. The summed E-state index contributed by atoms with van der Waals surface area (Å²) in [5.41, 5.74) is 10.4. The molecule has 5 N–H and O–H groups in total. The van der Waals surface area contributed by atoms with E-state index in [0.29, 0.717) is 6.42 Å². The second-order valence-corrected chi connectivity index (χ2v) is 4.60. The minimum absolute atomic E-state index is 0.0270. The minimum atomic E-state index is -5.33. The molecule has 0 unspecified atom stereocenters. The molecule has 0 saturated carbocycles. The topological polar surface area (TPSA) is 127 Å². The molecule has 0 aliphatic rings. The number of nitrogens with two attached hydrogens (primary N) is 2. The molecule has 0 aromatic rings. The third kappa shape index (κ3) is 6.39. The van der Waals surface area contributed by atoms with Crippen LogP contribution in [0.4, 0.5) is 13.2 Å². The lowest BCUT2D eigenvalue weighted by atomic mass is 10.1. The molecule has 0 aliphatic heterocycles. The number of unbranched alkanes of at least 4 members (excludes halogenated alkanes) is 1. The molecule has 0 saturated heterocycles. The van der Waals surface area contributed by atoms with Crippen LogP contribution >= 0.6 is 0 Å². The molecule has 0 rings (SSSR count). The Hall–Kier alpha value is -1.68. The van der Waals surface area contributed by atoms with Crippen molar-refractivity contribution in [3.63, 3.8) is 0 Å². The number of aliphatic carboxylic acids is 1. The summed E-state index contributed by atoms with van der Waals surface area (Å²) in [5, 5.41) is 9.03. The van der Waals surface area contributed by atoms with Gasteiger partial charge in [-0.2, -0.15) is 13.2 Å². The number of nitrogens with zero attached hydrogens (tertiary/aromatic N) is 1. The summed E-state index contributed by atoms with van der Waals surface area (Å²) in [4.78, 5) is 34.2. The van der Waals surface area contributed by atoms with Crippen LogP contribution in [0.3, 0.4) is 0 Å². The highest BCUT2D eigenvalue weighted by atomic mass is 19.4. The van der Waals surface area contributed by atoms with Crippen LogP contribution < -0.4 is 11.5 Å². The molecular weight excluding hydrogens is 307 g/mol. The average molecular weight is 327 g/mol. The first-order valence-corrected chi connectivity index (χ1v) is 6.73. The van der Waals surface area contributed by atoms with Gasteiger partial charge in [0.1, 0.15) is 6.04 Å². The van der Waals surface area contributed by atoms with E-state index in [2.05, 4.69) is 0 Å². The Balaban J connectivity index is 5.32. The predicted molar refractivity (Wildman–Crippen MR) is 70.5 cm³/mol. The molecule has 0 radical (unpaired) electrons. The highest BCUT2D eigenvalue weighted by Crippen LogP contribution is 2.23. The number of hydrogen-bond acceptors (Lipinski definition) is 5. The normalized spacial score (nSPS) is 12.8. The number of rotatable bonds is 9. The smallest absolute Gasteiger partial charge is 0.471 e. The molecule has 0 bridgehead atoms. The molecule has 22 heavy (non-hydrogen) atoms. The fraction of sp³-hybridized carbons (Fsp3) is 0.750. The van der Waals surface area contributed by atoms with Crippen LogP contribution in [-0.2, 0) is 14.4 Å². The van der Waals surface area contributed by atoms with Gasteiger partial charge < -0.3 is 16.6 Å². The second-order valence-electron chi connectivity index (χ2n) is 4.60. The first-order chi connectivity index (χ1) is 10.2. The van der Waals surface area contributed by atoms with E-state index in [1.54, 1.807) is 0 Å². The van der Waals surface area contributed by atoms with Crippen molar-refractivity contribution in [3.8, 4) is 0 Å². The minimum Gasteiger partial charge on any atom is -0.480 e. The number of imide groups is 1. The van der Waals surface area contributed by atoms with E-state index in [-0.39, 0.29) is 43.7 Å². The van der Waals surface area contributed by atoms with Crippen molar-refractivity contribution in [3.05, 3.63) is 0 Å². The van der Waals surface area contributed by atoms with Crippen molar-refractivity contribution < 1.29 is 32.7 Å². The molecule has 7 nitrogen and oxygen atoms in total. The van der Waals surface area contributed by atoms with E-state index >= 15 is 0 Å². The molecule has 0 aromatic carbocycles. The van der Waals surface area contributed by atoms with E-state index in [4.69, 9.17) is 16.6 Å². The third-order valence-electron chi connectivity index (χ3n) is 2.85. The first kappa shape index (κ1) is 20.3. The van der Waals surface area contributed by atoms with Crippen molar-refractivity contribution in [2.24, 2.45) is 11.5 Å². The van der Waals surface area contributed by atoms with Gasteiger partial charge in [-0.15, -0.1) is 0 Å². The van der Waals surface area contributed by atoms with Crippen LogP contribution in [0, 0.1) is 0 Å². The fourth-order valence-electron chi connectivity index (χ4n) is 1.78. The first-order valence-electron chi connectivity index (χ1n) is 6.73. The Morgan fingerprint density at radius 3 is 2.00 bits per heavy atom. The molecule has 0 aliphatic carbocycles. The summed E-state index contributed by atoms with van der Waals surface area (Å²) in [6.07, 6.45) is -5.45. The van der Waals surface area contributed by atoms with E-state index < -0.39 is 30.0 Å². The lowest BCUT2D eigenvalue weighted by Gasteiger charge is -2.28. The van der Waals surface area contributed by atoms with Gasteiger partial charge in [-0.25, -0.2) is 4.79 Å². The lowest BCUT2D eigenvalue weighted by molar-refractivity contribution is -0.192. The number of alkyl halides is 3. The van der Waals surface area contributed by atoms with Crippen molar-refractivity contribution in [1.29, 1.82) is 0 Å².